The van der Waals surface area contributed by atoms with Crippen molar-refractivity contribution in [2.75, 3.05) is 31.0 Å². The number of hydrogen-bond acceptors (Lipinski definition) is 10. The molecule has 2 N–H and O–H groups in total. The van der Waals surface area contributed by atoms with E-state index in [0.717, 1.165) is 22.1 Å². The lowest BCUT2D eigenvalue weighted by atomic mass is 9.82. The molecule has 0 radical (unpaired) electrons. The van der Waals surface area contributed by atoms with Crippen LogP contribution in [0.5, 0.6) is 11.5 Å². The third-order valence-corrected chi connectivity index (χ3v) is 17.2. The molecule has 1 aromatic heterocycles. The van der Waals surface area contributed by atoms with Crippen molar-refractivity contribution >= 4 is 42.1 Å². The summed E-state index contributed by atoms with van der Waals surface area (Å²) >= 11 is 0. The van der Waals surface area contributed by atoms with Gasteiger partial charge in [0.2, 0.25) is 0 Å². The van der Waals surface area contributed by atoms with Crippen molar-refractivity contribution in [3.8, 4) is 11.5 Å². The number of nitro groups is 1. The Hall–Kier alpha value is -6.68. The first kappa shape index (κ1) is 43.0. The average Bonchev–Trinajstić information content (AvgIpc) is 3.96. The van der Waals surface area contributed by atoms with Gasteiger partial charge in [0.05, 0.1) is 63.8 Å². The normalized spacial score (nSPS) is 19.8. The third kappa shape index (κ3) is 8.10. The van der Waals surface area contributed by atoms with Crippen molar-refractivity contribution in [3.05, 3.63) is 166 Å². The molecule has 1 spiro atoms. The van der Waals surface area contributed by atoms with Crippen LogP contribution in [-0.2, 0) is 28.2 Å². The predicted molar refractivity (Wildman–Crippen MR) is 241 cm³/mol. The molecule has 6 aromatic rings. The van der Waals surface area contributed by atoms with Crippen LogP contribution in [0.4, 0.5) is 17.1 Å². The van der Waals surface area contributed by atoms with E-state index >= 15 is 4.79 Å². The zero-order chi connectivity index (χ0) is 44.5. The topological polar surface area (TPSA) is 171 Å². The summed E-state index contributed by atoms with van der Waals surface area (Å²) in [4.78, 5) is 41.9. The number of carbonyl (C=O) groups excluding carboxylic acids is 2. The minimum atomic E-state index is -2.54. The smallest absolute Gasteiger partial charge is 0.269 e. The Morgan fingerprint density at radius 2 is 1.62 bits per heavy atom. The highest BCUT2D eigenvalue weighted by molar-refractivity contribution is 6.91. The first-order valence-electron chi connectivity index (χ1n) is 20.9. The van der Waals surface area contributed by atoms with Crippen molar-refractivity contribution in [1.82, 2.24) is 15.0 Å². The summed E-state index contributed by atoms with van der Waals surface area (Å²) in [7, 11) is 0.658. The van der Waals surface area contributed by atoms with Gasteiger partial charge in [0, 0.05) is 47.6 Å². The van der Waals surface area contributed by atoms with Gasteiger partial charge in [-0.05, 0) is 77.7 Å². The number of non-ortho nitro benzene ring substituents is 1. The van der Waals surface area contributed by atoms with Crippen LogP contribution in [0.15, 0.2) is 128 Å². The molecule has 5 atom stereocenters. The molecule has 2 aliphatic heterocycles. The van der Waals surface area contributed by atoms with Gasteiger partial charge in [-0.1, -0.05) is 85.0 Å². The average molecular weight is 867 g/mol. The maximum Gasteiger partial charge on any atom is 0.269 e. The van der Waals surface area contributed by atoms with Gasteiger partial charge in [0.25, 0.3) is 17.5 Å². The van der Waals surface area contributed by atoms with Crippen LogP contribution in [0, 0.1) is 16.0 Å². The molecule has 8 rings (SSSR count). The molecule has 2 amide bonds. The molecular weight excluding hydrogens is 817 g/mol. The van der Waals surface area contributed by atoms with E-state index in [0.29, 0.717) is 46.9 Å². The summed E-state index contributed by atoms with van der Waals surface area (Å²) in [5.41, 5.74) is 2.65. The predicted octanol–water partition coefficient (Wildman–Crippen LogP) is 7.43. The van der Waals surface area contributed by atoms with E-state index in [1.54, 1.807) is 66.3 Å². The Morgan fingerprint density at radius 1 is 0.952 bits per heavy atom. The minimum Gasteiger partial charge on any atom is -0.497 e. The van der Waals surface area contributed by atoms with E-state index in [4.69, 9.17) is 14.2 Å². The fourth-order valence-corrected chi connectivity index (χ4v) is 13.6. The number of amides is 2. The molecule has 14 nitrogen and oxygen atoms in total. The second kappa shape index (κ2) is 17.6. The van der Waals surface area contributed by atoms with Crippen LogP contribution in [-0.4, -0.2) is 71.8 Å². The van der Waals surface area contributed by atoms with Gasteiger partial charge in [-0.25, -0.2) is 0 Å². The number of methoxy groups -OCH3 is 2. The SMILES string of the molecule is COc1ccc(C(=O)Nc2ccc(CN3C(=O)[C@@]4(O[C@@H](CCn5cc(C(CO)c6ccccc6)nn5)[C@H]([Si](C)(C)c5ccc(OC)cc5)[C@H]4C)c4cc([N+](=O)[O-])ccc43)cc2)cc1. The van der Waals surface area contributed by atoms with Crippen LogP contribution in [0.25, 0.3) is 0 Å². The van der Waals surface area contributed by atoms with E-state index in [1.807, 2.05) is 67.7 Å². The molecule has 1 saturated heterocycles. The van der Waals surface area contributed by atoms with Gasteiger partial charge < -0.3 is 29.5 Å². The van der Waals surface area contributed by atoms with Gasteiger partial charge in [0.15, 0.2) is 5.60 Å². The number of aliphatic hydroxyl groups excluding tert-OH is 1. The summed E-state index contributed by atoms with van der Waals surface area (Å²) in [5.74, 6) is 0.0787. The standard InChI is InChI=1S/C48H50N6O8Si/c1-31-45(63(4,5)39-22-20-38(61-3)21-23-39)44(25-26-52-29-42(50-51-52)40(30-55)33-9-7-6-8-10-33)62-48(31)41-27-36(54(58)59)17-24-43(41)53(47(48)57)28-32-11-15-35(16-12-32)49-46(56)34-13-18-37(60-2)19-14-34/h6-24,27,29,31,40,44-45,55H,25-26,28,30H2,1-5H3,(H,49,56)/t31-,40?,44+,45-,48+/m1/s1. The lowest BCUT2D eigenvalue weighted by Gasteiger charge is -2.37. The number of aliphatic hydroxyl groups is 1. The van der Waals surface area contributed by atoms with Crippen molar-refractivity contribution in [1.29, 1.82) is 0 Å². The lowest BCUT2D eigenvalue weighted by molar-refractivity contribution is -0.385. The first-order valence-corrected chi connectivity index (χ1v) is 24.0. The molecule has 1 fully saturated rings. The second-order valence-corrected chi connectivity index (χ2v) is 21.4. The molecule has 15 heteroatoms. The van der Waals surface area contributed by atoms with Gasteiger partial charge in [-0.15, -0.1) is 5.10 Å². The molecule has 5 aromatic carbocycles. The van der Waals surface area contributed by atoms with Gasteiger partial charge in [0.1, 0.15) is 11.5 Å². The van der Waals surface area contributed by atoms with Crippen LogP contribution in [0.2, 0.25) is 18.6 Å². The monoisotopic (exact) mass is 866 g/mol. The highest BCUT2D eigenvalue weighted by Gasteiger charge is 2.66. The van der Waals surface area contributed by atoms with Crippen LogP contribution < -0.4 is 24.9 Å². The molecule has 0 saturated carbocycles. The molecule has 324 valence electrons. The maximum atomic E-state index is 15.4. The van der Waals surface area contributed by atoms with E-state index < -0.39 is 30.6 Å². The highest BCUT2D eigenvalue weighted by atomic mass is 28.3. The zero-order valence-electron chi connectivity index (χ0n) is 35.8. The van der Waals surface area contributed by atoms with Gasteiger partial charge in [-0.2, -0.15) is 0 Å². The minimum absolute atomic E-state index is 0.130. The van der Waals surface area contributed by atoms with Crippen LogP contribution >= 0.6 is 0 Å². The summed E-state index contributed by atoms with van der Waals surface area (Å²) in [6.45, 7) is 7.06. The fraction of sp³-hybridized carbons (Fsp3) is 0.292. The fourth-order valence-electron chi connectivity index (χ4n) is 9.56. The largest absolute Gasteiger partial charge is 0.497 e. The number of hydrogen-bond donors (Lipinski definition) is 2. The molecule has 3 heterocycles. The number of fused-ring (bicyclic) bond motifs is 2. The van der Waals surface area contributed by atoms with E-state index in [9.17, 15) is 20.0 Å². The van der Waals surface area contributed by atoms with E-state index in [1.165, 1.54) is 12.1 Å². The summed E-state index contributed by atoms with van der Waals surface area (Å²) < 4.78 is 19.7. The highest BCUT2D eigenvalue weighted by Crippen LogP contribution is 2.60. The summed E-state index contributed by atoms with van der Waals surface area (Å²) in [5, 5.41) is 35.6. The molecule has 2 aliphatic rings. The summed E-state index contributed by atoms with van der Waals surface area (Å²) in [6.07, 6.45) is 1.87. The maximum absolute atomic E-state index is 15.4. The molecular formula is C48H50N6O8Si. The summed E-state index contributed by atoms with van der Waals surface area (Å²) in [6, 6.07) is 36.4. The number of aryl methyl sites for hydroxylation is 1. The van der Waals surface area contributed by atoms with Crippen molar-refractivity contribution < 1.29 is 33.8 Å². The van der Waals surface area contributed by atoms with Crippen molar-refractivity contribution in [3.63, 3.8) is 0 Å². The number of nitrogens with one attached hydrogen (secondary N) is 1. The number of nitro benzene ring substituents is 1. The Morgan fingerprint density at radius 3 is 2.25 bits per heavy atom. The number of ether oxygens (including phenoxy) is 3. The number of rotatable bonds is 15. The van der Waals surface area contributed by atoms with Gasteiger partial charge in [-0.3, -0.25) is 24.4 Å². The number of carbonyl (C=O) groups is 2. The first-order chi connectivity index (χ1) is 30.4. The van der Waals surface area contributed by atoms with Crippen molar-refractivity contribution in [2.24, 2.45) is 5.92 Å². The Balaban J connectivity index is 1.11. The molecule has 1 unspecified atom stereocenters. The quantitative estimate of drug-likeness (QED) is 0.0601. The van der Waals surface area contributed by atoms with Crippen LogP contribution in [0.1, 0.15) is 52.0 Å². The van der Waals surface area contributed by atoms with E-state index in [2.05, 4.69) is 40.9 Å². The number of anilines is 2. The second-order valence-electron chi connectivity index (χ2n) is 16.7. The number of nitrogens with zero attached hydrogens (tertiary/aromatic N) is 5. The van der Waals surface area contributed by atoms with Crippen molar-refractivity contribution in [2.45, 2.75) is 62.7 Å². The van der Waals surface area contributed by atoms with Gasteiger partial charge >= 0.3 is 0 Å². The lowest BCUT2D eigenvalue weighted by Crippen LogP contribution is -2.51. The number of benzene rings is 5. The number of aromatic nitrogens is 3. The Bertz CT molecular complexity index is 2610. The Kier molecular flexibility index (Phi) is 12.0. The molecule has 63 heavy (non-hydrogen) atoms. The Labute approximate surface area is 366 Å². The van der Waals surface area contributed by atoms with E-state index in [-0.39, 0.29) is 42.1 Å². The molecule has 0 bridgehead atoms. The van der Waals surface area contributed by atoms with Crippen LogP contribution in [0.3, 0.4) is 0 Å². The zero-order valence-corrected chi connectivity index (χ0v) is 36.8. The third-order valence-electron chi connectivity index (χ3n) is 12.9. The molecule has 0 aliphatic carbocycles.